The Labute approximate surface area is 193 Å². The SMILES string of the molecule is Cc1ccccc1OCCC(=O)N1CCC[C@H]1c1ccc2c(C)nn(-c3ccccn3)c2n1. The maximum absolute atomic E-state index is 13.1. The molecule has 33 heavy (non-hydrogen) atoms. The minimum Gasteiger partial charge on any atom is -0.493 e. The highest BCUT2D eigenvalue weighted by atomic mass is 16.5. The molecule has 1 amide bonds. The van der Waals surface area contributed by atoms with E-state index in [-0.39, 0.29) is 11.9 Å². The van der Waals surface area contributed by atoms with Gasteiger partial charge in [0, 0.05) is 18.1 Å². The fourth-order valence-electron chi connectivity index (χ4n) is 4.47. The predicted octanol–water partition coefficient (Wildman–Crippen LogP) is 4.56. The van der Waals surface area contributed by atoms with Crippen molar-refractivity contribution in [1.82, 2.24) is 24.6 Å². The van der Waals surface area contributed by atoms with E-state index < -0.39 is 0 Å². The first kappa shape index (κ1) is 21.1. The van der Waals surface area contributed by atoms with Crippen molar-refractivity contribution in [3.05, 3.63) is 77.7 Å². The molecular formula is C26H27N5O2. The number of para-hydroxylation sites is 1. The van der Waals surface area contributed by atoms with Crippen molar-refractivity contribution in [3.8, 4) is 11.6 Å². The molecule has 1 aromatic carbocycles. The van der Waals surface area contributed by atoms with Crippen molar-refractivity contribution >= 4 is 16.9 Å². The van der Waals surface area contributed by atoms with Crippen LogP contribution in [-0.2, 0) is 4.79 Å². The smallest absolute Gasteiger partial charge is 0.226 e. The van der Waals surface area contributed by atoms with Gasteiger partial charge in [0.1, 0.15) is 5.75 Å². The maximum Gasteiger partial charge on any atom is 0.226 e. The first-order valence-electron chi connectivity index (χ1n) is 11.4. The molecule has 1 aliphatic rings. The van der Waals surface area contributed by atoms with E-state index in [1.807, 2.05) is 67.3 Å². The van der Waals surface area contributed by atoms with E-state index in [0.717, 1.165) is 58.9 Å². The van der Waals surface area contributed by atoms with E-state index in [2.05, 4.69) is 16.1 Å². The predicted molar refractivity (Wildman–Crippen MR) is 126 cm³/mol. The molecule has 0 radical (unpaired) electrons. The molecule has 0 aliphatic carbocycles. The number of carbonyl (C=O) groups excluding carboxylic acids is 1. The van der Waals surface area contributed by atoms with Crippen LogP contribution in [0, 0.1) is 13.8 Å². The van der Waals surface area contributed by atoms with Gasteiger partial charge in [-0.1, -0.05) is 24.3 Å². The van der Waals surface area contributed by atoms with E-state index in [1.54, 1.807) is 10.9 Å². The lowest BCUT2D eigenvalue weighted by Gasteiger charge is -2.24. The van der Waals surface area contributed by atoms with Crippen molar-refractivity contribution in [2.75, 3.05) is 13.2 Å². The molecule has 7 nitrogen and oxygen atoms in total. The quantitative estimate of drug-likeness (QED) is 0.438. The van der Waals surface area contributed by atoms with E-state index >= 15 is 0 Å². The van der Waals surface area contributed by atoms with Crippen LogP contribution in [0.25, 0.3) is 16.9 Å². The Kier molecular flexibility index (Phi) is 5.77. The zero-order valence-corrected chi connectivity index (χ0v) is 18.9. The van der Waals surface area contributed by atoms with Crippen molar-refractivity contribution in [2.45, 2.75) is 39.2 Å². The molecule has 4 heterocycles. The summed E-state index contributed by atoms with van der Waals surface area (Å²) in [6.45, 7) is 5.09. The molecule has 1 atom stereocenters. The second-order valence-corrected chi connectivity index (χ2v) is 8.40. The standard InChI is InChI=1S/C26H27N5O2/c1-18-8-3-4-10-23(18)33-17-14-25(32)30-16-7-9-22(30)21-13-12-20-19(2)29-31(26(20)28-21)24-11-5-6-15-27-24/h3-6,8,10-13,15,22H,7,9,14,16-17H2,1-2H3/t22-/m0/s1. The summed E-state index contributed by atoms with van der Waals surface area (Å²) < 4.78 is 7.63. The van der Waals surface area contributed by atoms with Gasteiger partial charge in [0.25, 0.3) is 0 Å². The van der Waals surface area contributed by atoms with Crippen LogP contribution in [-0.4, -0.2) is 43.7 Å². The fraction of sp³-hybridized carbons (Fsp3) is 0.308. The molecule has 0 N–H and O–H groups in total. The summed E-state index contributed by atoms with van der Waals surface area (Å²) in [7, 11) is 0. The van der Waals surface area contributed by atoms with Crippen LogP contribution in [0.15, 0.2) is 60.8 Å². The first-order chi connectivity index (χ1) is 16.1. The minimum absolute atomic E-state index is 0.0345. The Morgan fingerprint density at radius 3 is 2.76 bits per heavy atom. The Hall–Kier alpha value is -3.74. The summed E-state index contributed by atoms with van der Waals surface area (Å²) in [5, 5.41) is 5.65. The summed E-state index contributed by atoms with van der Waals surface area (Å²) in [5.74, 6) is 1.66. The number of nitrogens with zero attached hydrogens (tertiary/aromatic N) is 5. The number of carbonyl (C=O) groups is 1. The number of benzene rings is 1. The van der Waals surface area contributed by atoms with Crippen molar-refractivity contribution in [3.63, 3.8) is 0 Å². The Balaban J connectivity index is 1.35. The van der Waals surface area contributed by atoms with Gasteiger partial charge in [-0.2, -0.15) is 9.78 Å². The second kappa shape index (κ2) is 9.02. The van der Waals surface area contributed by atoms with Crippen LogP contribution in [0.4, 0.5) is 0 Å². The topological polar surface area (TPSA) is 73.1 Å². The molecule has 0 bridgehead atoms. The lowest BCUT2D eigenvalue weighted by molar-refractivity contribution is -0.132. The number of rotatable bonds is 6. The molecule has 4 aromatic rings. The minimum atomic E-state index is -0.0345. The monoisotopic (exact) mass is 441 g/mol. The number of amides is 1. The van der Waals surface area contributed by atoms with Gasteiger partial charge in [0.2, 0.25) is 5.91 Å². The Morgan fingerprint density at radius 1 is 1.09 bits per heavy atom. The summed E-state index contributed by atoms with van der Waals surface area (Å²) in [5.41, 5.74) is 3.64. The molecule has 0 unspecified atom stereocenters. The molecule has 0 spiro atoms. The summed E-state index contributed by atoms with van der Waals surface area (Å²) >= 11 is 0. The maximum atomic E-state index is 13.1. The van der Waals surface area contributed by atoms with Crippen molar-refractivity contribution in [2.24, 2.45) is 0 Å². The fourth-order valence-corrected chi connectivity index (χ4v) is 4.47. The van der Waals surface area contributed by atoms with Gasteiger partial charge in [-0.15, -0.1) is 0 Å². The lowest BCUT2D eigenvalue weighted by atomic mass is 10.1. The van der Waals surface area contributed by atoms with Gasteiger partial charge in [0.15, 0.2) is 11.5 Å². The Bertz CT molecular complexity index is 1280. The molecule has 1 aliphatic heterocycles. The van der Waals surface area contributed by atoms with Gasteiger partial charge in [-0.25, -0.2) is 9.97 Å². The summed E-state index contributed by atoms with van der Waals surface area (Å²) in [4.78, 5) is 24.4. The highest BCUT2D eigenvalue weighted by Crippen LogP contribution is 2.33. The lowest BCUT2D eigenvalue weighted by Crippen LogP contribution is -2.32. The van der Waals surface area contributed by atoms with Gasteiger partial charge < -0.3 is 9.64 Å². The van der Waals surface area contributed by atoms with E-state index in [4.69, 9.17) is 9.72 Å². The second-order valence-electron chi connectivity index (χ2n) is 8.40. The number of fused-ring (bicyclic) bond motifs is 1. The van der Waals surface area contributed by atoms with Crippen LogP contribution in [0.2, 0.25) is 0 Å². The van der Waals surface area contributed by atoms with Crippen LogP contribution in [0.5, 0.6) is 5.75 Å². The van der Waals surface area contributed by atoms with Crippen LogP contribution in [0.1, 0.15) is 42.3 Å². The zero-order chi connectivity index (χ0) is 22.8. The van der Waals surface area contributed by atoms with Crippen molar-refractivity contribution in [1.29, 1.82) is 0 Å². The van der Waals surface area contributed by atoms with Gasteiger partial charge in [-0.05, 0) is 62.6 Å². The number of hydrogen-bond donors (Lipinski definition) is 0. The molecule has 0 saturated carbocycles. The van der Waals surface area contributed by atoms with Crippen molar-refractivity contribution < 1.29 is 9.53 Å². The summed E-state index contributed by atoms with van der Waals surface area (Å²) in [6, 6.07) is 17.6. The third-order valence-electron chi connectivity index (χ3n) is 6.19. The number of aromatic nitrogens is 4. The molecule has 5 rings (SSSR count). The van der Waals surface area contributed by atoms with Gasteiger partial charge >= 0.3 is 0 Å². The third-order valence-corrected chi connectivity index (χ3v) is 6.19. The molecule has 7 heteroatoms. The number of hydrogen-bond acceptors (Lipinski definition) is 5. The normalized spacial score (nSPS) is 15.8. The average Bonchev–Trinajstić information content (AvgIpc) is 3.46. The third kappa shape index (κ3) is 4.18. The van der Waals surface area contributed by atoms with E-state index in [1.165, 1.54) is 0 Å². The molecule has 1 saturated heterocycles. The highest BCUT2D eigenvalue weighted by Gasteiger charge is 2.31. The van der Waals surface area contributed by atoms with E-state index in [9.17, 15) is 4.79 Å². The first-order valence-corrected chi connectivity index (χ1v) is 11.4. The largest absolute Gasteiger partial charge is 0.493 e. The average molecular weight is 442 g/mol. The number of likely N-dealkylation sites (tertiary alicyclic amines) is 1. The van der Waals surface area contributed by atoms with Crippen LogP contribution >= 0.6 is 0 Å². The highest BCUT2D eigenvalue weighted by molar-refractivity contribution is 5.80. The molecular weight excluding hydrogens is 414 g/mol. The van der Waals surface area contributed by atoms with Crippen LogP contribution < -0.4 is 4.74 Å². The molecule has 3 aromatic heterocycles. The summed E-state index contributed by atoms with van der Waals surface area (Å²) in [6.07, 6.45) is 3.96. The van der Waals surface area contributed by atoms with Gasteiger partial charge in [0.05, 0.1) is 30.5 Å². The zero-order valence-electron chi connectivity index (χ0n) is 18.9. The van der Waals surface area contributed by atoms with Gasteiger partial charge in [-0.3, -0.25) is 4.79 Å². The number of ether oxygens (including phenoxy) is 1. The Morgan fingerprint density at radius 2 is 1.94 bits per heavy atom. The number of pyridine rings is 2. The van der Waals surface area contributed by atoms with Crippen LogP contribution in [0.3, 0.4) is 0 Å². The molecule has 168 valence electrons. The van der Waals surface area contributed by atoms with E-state index in [0.29, 0.717) is 13.0 Å². The molecule has 1 fully saturated rings. The number of aryl methyl sites for hydroxylation is 2.